The lowest BCUT2D eigenvalue weighted by Crippen LogP contribution is -2.03. The Labute approximate surface area is 205 Å². The van der Waals surface area contributed by atoms with Gasteiger partial charge in [-0.1, -0.05) is 107 Å². The zero-order valence-corrected chi connectivity index (χ0v) is 20.2. The molecule has 4 nitrogen and oxygen atoms in total. The molecule has 2 aromatic heterocycles. The van der Waals surface area contributed by atoms with E-state index < -0.39 is 0 Å². The van der Waals surface area contributed by atoms with Crippen molar-refractivity contribution < 1.29 is 0 Å². The number of rotatable bonds is 7. The molecule has 0 atom stereocenters. The van der Waals surface area contributed by atoms with Crippen molar-refractivity contribution in [2.75, 3.05) is 0 Å². The Morgan fingerprint density at radius 1 is 0.818 bits per heavy atom. The lowest BCUT2D eigenvalue weighted by Gasteiger charge is -2.07. The smallest absolute Gasteiger partial charge is 0.165 e. The number of thioether (sulfide) groups is 1. The van der Waals surface area contributed by atoms with Crippen LogP contribution in [0.2, 0.25) is 0 Å². The van der Waals surface area contributed by atoms with Crippen LogP contribution >= 0.6 is 27.7 Å². The predicted octanol–water partition coefficient (Wildman–Crippen LogP) is 7.10. The molecule has 6 heteroatoms. The monoisotopic (exact) mass is 512 g/mol. The molecule has 0 saturated heterocycles. The van der Waals surface area contributed by atoms with Crippen LogP contribution < -0.4 is 0 Å². The molecule has 0 bridgehead atoms. The molecule has 0 aliphatic rings. The summed E-state index contributed by atoms with van der Waals surface area (Å²) in [6.07, 6.45) is 5.77. The van der Waals surface area contributed by atoms with Gasteiger partial charge in [-0.2, -0.15) is 0 Å². The Morgan fingerprint density at radius 3 is 2.33 bits per heavy atom. The molecule has 0 radical (unpaired) electrons. The van der Waals surface area contributed by atoms with E-state index in [1.807, 2.05) is 24.3 Å². The lowest BCUT2D eigenvalue weighted by atomic mass is 10.2. The minimum Gasteiger partial charge on any atom is -0.305 e. The van der Waals surface area contributed by atoms with Crippen molar-refractivity contribution in [1.82, 2.24) is 19.5 Å². The van der Waals surface area contributed by atoms with Crippen molar-refractivity contribution in [3.63, 3.8) is 0 Å². The maximum atomic E-state index is 4.98. The summed E-state index contributed by atoms with van der Waals surface area (Å²) in [5, 5.41) is 0.896. The van der Waals surface area contributed by atoms with Crippen molar-refractivity contribution in [2.45, 2.75) is 17.3 Å². The van der Waals surface area contributed by atoms with Gasteiger partial charge in [0.05, 0.1) is 6.54 Å². The van der Waals surface area contributed by atoms with Crippen molar-refractivity contribution in [3.8, 4) is 0 Å². The Kier molecular flexibility index (Phi) is 6.65. The molecule has 0 saturated carbocycles. The second kappa shape index (κ2) is 10.1. The maximum absolute atomic E-state index is 4.98. The summed E-state index contributed by atoms with van der Waals surface area (Å²) in [5.41, 5.74) is 5.24. The van der Waals surface area contributed by atoms with E-state index in [4.69, 9.17) is 4.98 Å². The van der Waals surface area contributed by atoms with Gasteiger partial charge in [-0.05, 0) is 34.9 Å². The van der Waals surface area contributed by atoms with Gasteiger partial charge in [0.15, 0.2) is 5.65 Å². The molecule has 0 amide bonds. The normalized spacial score (nSPS) is 11.4. The third-order valence-electron chi connectivity index (χ3n) is 5.20. The number of hydrogen-bond donors (Lipinski definition) is 0. The Morgan fingerprint density at radius 2 is 1.58 bits per heavy atom. The van der Waals surface area contributed by atoms with Crippen LogP contribution in [0.1, 0.15) is 22.5 Å². The van der Waals surface area contributed by atoms with E-state index in [2.05, 4.69) is 103 Å². The summed E-state index contributed by atoms with van der Waals surface area (Å²) in [7, 11) is 0. The number of imidazole rings is 1. The lowest BCUT2D eigenvalue weighted by molar-refractivity contribution is 0.802. The summed E-state index contributed by atoms with van der Waals surface area (Å²) in [6.45, 7) is 0.690. The molecule has 5 rings (SSSR count). The Hall–Kier alpha value is -3.22. The Balaban J connectivity index is 1.54. The highest BCUT2D eigenvalue weighted by Gasteiger charge is 2.15. The van der Waals surface area contributed by atoms with Gasteiger partial charge in [0.2, 0.25) is 0 Å². The summed E-state index contributed by atoms with van der Waals surface area (Å²) in [5.74, 6) is 1.69. The van der Waals surface area contributed by atoms with Crippen LogP contribution in [-0.2, 0) is 12.3 Å². The van der Waals surface area contributed by atoms with Crippen LogP contribution in [0.15, 0.2) is 101 Å². The van der Waals surface area contributed by atoms with Crippen LogP contribution in [0, 0.1) is 0 Å². The molecule has 0 aliphatic heterocycles. The van der Waals surface area contributed by atoms with Crippen LogP contribution in [0.25, 0.3) is 23.3 Å². The fraction of sp³-hybridized carbons (Fsp3) is 0.0741. The first-order valence-electron chi connectivity index (χ1n) is 10.6. The van der Waals surface area contributed by atoms with E-state index >= 15 is 0 Å². The largest absolute Gasteiger partial charge is 0.305 e. The molecule has 2 heterocycles. The fourth-order valence-corrected chi connectivity index (χ4v) is 4.90. The van der Waals surface area contributed by atoms with E-state index in [0.717, 1.165) is 37.8 Å². The van der Waals surface area contributed by atoms with E-state index in [1.54, 1.807) is 18.1 Å². The van der Waals surface area contributed by atoms with E-state index in [9.17, 15) is 0 Å². The number of benzene rings is 3. The van der Waals surface area contributed by atoms with Gasteiger partial charge in [0, 0.05) is 10.2 Å². The van der Waals surface area contributed by atoms with Crippen molar-refractivity contribution in [1.29, 1.82) is 0 Å². The molecular weight excluding hydrogens is 492 g/mol. The molecule has 162 valence electrons. The highest BCUT2D eigenvalue weighted by atomic mass is 79.9. The topological polar surface area (TPSA) is 43.6 Å². The molecule has 0 N–H and O–H groups in total. The first-order valence-corrected chi connectivity index (χ1v) is 12.4. The molecule has 0 aliphatic carbocycles. The van der Waals surface area contributed by atoms with Gasteiger partial charge >= 0.3 is 0 Å². The zero-order valence-electron chi connectivity index (χ0n) is 17.8. The Bertz CT molecular complexity index is 1400. The minimum atomic E-state index is 0.690. The average molecular weight is 513 g/mol. The van der Waals surface area contributed by atoms with Gasteiger partial charge in [0.25, 0.3) is 0 Å². The minimum absolute atomic E-state index is 0.690. The van der Waals surface area contributed by atoms with Gasteiger partial charge in [-0.25, -0.2) is 15.0 Å². The molecule has 33 heavy (non-hydrogen) atoms. The van der Waals surface area contributed by atoms with Crippen molar-refractivity contribution in [3.05, 3.63) is 118 Å². The molecule has 5 aromatic rings. The highest BCUT2D eigenvalue weighted by molar-refractivity contribution is 9.10. The molecule has 0 spiro atoms. The summed E-state index contributed by atoms with van der Waals surface area (Å²) < 4.78 is 3.21. The van der Waals surface area contributed by atoms with Gasteiger partial charge in [-0.15, -0.1) is 0 Å². The number of hydrogen-bond acceptors (Lipinski definition) is 4. The first kappa shape index (κ1) is 21.6. The third kappa shape index (κ3) is 5.24. The second-order valence-electron chi connectivity index (χ2n) is 7.56. The maximum Gasteiger partial charge on any atom is 0.165 e. The van der Waals surface area contributed by atoms with Crippen LogP contribution in [0.5, 0.6) is 0 Å². The van der Waals surface area contributed by atoms with Crippen LogP contribution in [-0.4, -0.2) is 19.5 Å². The molecular formula is C27H21BrN4S. The summed E-state index contributed by atoms with van der Waals surface area (Å²) >= 11 is 5.24. The first-order chi connectivity index (χ1) is 16.3. The number of fused-ring (bicyclic) bond motifs is 1. The van der Waals surface area contributed by atoms with Crippen molar-refractivity contribution in [2.24, 2.45) is 0 Å². The van der Waals surface area contributed by atoms with Gasteiger partial charge in [-0.3, -0.25) is 0 Å². The number of halogens is 1. The van der Waals surface area contributed by atoms with Gasteiger partial charge in [0.1, 0.15) is 22.7 Å². The fourth-order valence-electron chi connectivity index (χ4n) is 3.59. The second-order valence-corrected chi connectivity index (χ2v) is 9.44. The van der Waals surface area contributed by atoms with Crippen LogP contribution in [0.4, 0.5) is 0 Å². The molecule has 0 unspecified atom stereocenters. The highest BCUT2D eigenvalue weighted by Crippen LogP contribution is 2.28. The SMILES string of the molecule is Brc1cccc(/C=C/c2nc3c(SCc4ccccc4)ncnc3n2Cc2ccccc2)c1. The number of aromatic nitrogens is 4. The standard InChI is InChI=1S/C27H21BrN4S/c28-23-13-7-12-20(16-23)14-15-24-31-25-26(32(24)17-21-8-3-1-4-9-21)29-19-30-27(25)33-18-22-10-5-2-6-11-22/h1-16,19H,17-18H2/b15-14+. The number of nitrogens with zero attached hydrogens (tertiary/aromatic N) is 4. The summed E-state index contributed by atoms with van der Waals surface area (Å²) in [4.78, 5) is 14.2. The van der Waals surface area contributed by atoms with E-state index in [1.165, 1.54) is 11.1 Å². The van der Waals surface area contributed by atoms with Crippen LogP contribution in [0.3, 0.4) is 0 Å². The quantitative estimate of drug-likeness (QED) is 0.172. The summed E-state index contributed by atoms with van der Waals surface area (Å²) in [6, 6.07) is 29.0. The predicted molar refractivity (Wildman–Crippen MR) is 140 cm³/mol. The van der Waals surface area contributed by atoms with Gasteiger partial charge < -0.3 is 4.57 Å². The molecule has 0 fully saturated rings. The van der Waals surface area contributed by atoms with E-state index in [0.29, 0.717) is 6.54 Å². The average Bonchev–Trinajstić information content (AvgIpc) is 3.20. The van der Waals surface area contributed by atoms with E-state index in [-0.39, 0.29) is 0 Å². The zero-order chi connectivity index (χ0) is 22.5. The molecule has 3 aromatic carbocycles. The van der Waals surface area contributed by atoms with Crippen molar-refractivity contribution >= 4 is 51.0 Å². The third-order valence-corrected chi connectivity index (χ3v) is 6.75.